The predicted molar refractivity (Wildman–Crippen MR) is 513 cm³/mol. The number of carbonyl (C=O) groups excluding carboxylic acids is 7. The van der Waals surface area contributed by atoms with Crippen LogP contribution in [0.25, 0.3) is 5.69 Å². The molecule has 11 amide bonds. The van der Waals surface area contributed by atoms with Crippen LogP contribution in [0.3, 0.4) is 0 Å². The van der Waals surface area contributed by atoms with Crippen LogP contribution in [0.2, 0.25) is 0 Å². The van der Waals surface area contributed by atoms with Gasteiger partial charge < -0.3 is 21.7 Å². The van der Waals surface area contributed by atoms with Gasteiger partial charge in [0.1, 0.15) is 34.9 Å². The van der Waals surface area contributed by atoms with E-state index < -0.39 is 0 Å². The molecular weight excluding hydrogens is 1710 g/mol. The number of carbonyl (C=O) groups is 7. The van der Waals surface area contributed by atoms with Crippen LogP contribution < -0.4 is 64.2 Å². The SMILES string of the molecule is CC(=O)Nc1cc(CCc2cnc(NC(=O)Nc3cc(C(C)(C)C)nn3-c3ccc(C)cc3)s2)ccn1.CC(=O)Nc1cc(CCc2cnc(NC(=O)Nc3cc(C(C)(C)C)nn3C(C)C)s2)ccn1.CC(C)(C)c1cc(NC(=O)Nc2ncc(CCc3ccnc(N)c3)s2)n[nH]1.CC(C)(C)c1cc(NC(=O)Nc2ncc(CCc3ccnc(NC(=O)C4CC4)c3)s2)n[nH]1. The molecule has 1 fully saturated rings. The summed E-state index contributed by atoms with van der Waals surface area (Å²) in [6, 6.07) is 29.3. The number of hydrogen-bond donors (Lipinski definition) is 14. The molecular formula is C90H112N28O7S4. The Morgan fingerprint density at radius 3 is 1.12 bits per heavy atom. The predicted octanol–water partition coefficient (Wildman–Crippen LogP) is 18.6. The average molecular weight is 1830 g/mol. The van der Waals surface area contributed by atoms with Gasteiger partial charge >= 0.3 is 24.1 Å². The van der Waals surface area contributed by atoms with Gasteiger partial charge in [-0.3, -0.25) is 67.1 Å². The lowest BCUT2D eigenvalue weighted by atomic mass is 9.92. The molecule has 12 aromatic heterocycles. The lowest BCUT2D eigenvalue weighted by Gasteiger charge is -2.14. The highest BCUT2D eigenvalue weighted by atomic mass is 32.1. The van der Waals surface area contributed by atoms with E-state index in [-0.39, 0.29) is 75.5 Å². The Labute approximate surface area is 765 Å². The van der Waals surface area contributed by atoms with Crippen LogP contribution in [0.15, 0.2) is 147 Å². The third-order valence-electron chi connectivity index (χ3n) is 19.4. The number of aromatic nitrogens is 16. The summed E-state index contributed by atoms with van der Waals surface area (Å²) in [5.74, 6) is 4.25. The molecule has 0 aliphatic heterocycles. The molecule has 1 aliphatic rings. The van der Waals surface area contributed by atoms with Gasteiger partial charge in [0.25, 0.3) is 0 Å². The molecule has 0 bridgehead atoms. The summed E-state index contributed by atoms with van der Waals surface area (Å²) in [6.45, 7) is 33.9. The number of nitrogens with two attached hydrogens (primary N) is 1. The number of H-pyrrole nitrogens is 2. The fourth-order valence-corrected chi connectivity index (χ4v) is 15.4. The van der Waals surface area contributed by atoms with Crippen molar-refractivity contribution in [3.05, 3.63) is 217 Å². The van der Waals surface area contributed by atoms with Crippen molar-refractivity contribution < 1.29 is 33.6 Å². The summed E-state index contributed by atoms with van der Waals surface area (Å²) in [4.78, 5) is 122. The number of amides is 11. The number of hydrogen-bond acceptors (Lipinski definition) is 24. The van der Waals surface area contributed by atoms with Gasteiger partial charge in [0.2, 0.25) is 17.7 Å². The zero-order chi connectivity index (χ0) is 92.9. The molecule has 12 heterocycles. The van der Waals surface area contributed by atoms with Crippen LogP contribution in [0.1, 0.15) is 200 Å². The van der Waals surface area contributed by atoms with Crippen molar-refractivity contribution in [2.75, 3.05) is 64.2 Å². The van der Waals surface area contributed by atoms with Crippen LogP contribution >= 0.6 is 45.3 Å². The van der Waals surface area contributed by atoms with E-state index in [9.17, 15) is 33.6 Å². The maximum Gasteiger partial charge on any atom is 0.326 e. The molecule has 15 N–H and O–H groups in total. The number of nitrogen functional groups attached to an aromatic ring is 1. The third kappa shape index (κ3) is 30.6. The Kier molecular flexibility index (Phi) is 32.3. The molecule has 1 saturated carbocycles. The smallest absolute Gasteiger partial charge is 0.326 e. The second-order valence-corrected chi connectivity index (χ2v) is 39.6. The summed E-state index contributed by atoms with van der Waals surface area (Å²) >= 11 is 5.74. The Hall–Kier alpha value is -13.5. The topological polar surface area (TPSA) is 474 Å². The van der Waals surface area contributed by atoms with E-state index in [1.54, 1.807) is 54.3 Å². The fraction of sp³-hybridized carbons (Fsp3) is 0.367. The maximum atomic E-state index is 12.9. The number of benzene rings is 1. The lowest BCUT2D eigenvalue weighted by molar-refractivity contribution is -0.117. The van der Waals surface area contributed by atoms with Gasteiger partial charge in [-0.1, -0.05) is 101 Å². The largest absolute Gasteiger partial charge is 0.384 e. The second-order valence-electron chi connectivity index (χ2n) is 35.2. The highest BCUT2D eigenvalue weighted by Crippen LogP contribution is 2.34. The minimum atomic E-state index is -0.386. The first-order valence-corrected chi connectivity index (χ1v) is 45.3. The first-order chi connectivity index (χ1) is 61.1. The fourth-order valence-electron chi connectivity index (χ4n) is 12.2. The molecule has 0 radical (unpaired) electrons. The zero-order valence-electron chi connectivity index (χ0n) is 75.4. The number of rotatable bonds is 26. The summed E-state index contributed by atoms with van der Waals surface area (Å²) in [6.07, 6.45) is 22.0. The highest BCUT2D eigenvalue weighted by Gasteiger charge is 2.31. The molecule has 0 spiro atoms. The molecule has 129 heavy (non-hydrogen) atoms. The van der Waals surface area contributed by atoms with Crippen molar-refractivity contribution in [2.45, 2.75) is 210 Å². The van der Waals surface area contributed by atoms with Crippen molar-refractivity contribution in [3.63, 3.8) is 0 Å². The number of thiazole rings is 4. The summed E-state index contributed by atoms with van der Waals surface area (Å²) in [5, 5.41) is 56.3. The molecule has 0 unspecified atom stereocenters. The molecule has 13 aromatic rings. The monoisotopic (exact) mass is 1820 g/mol. The Morgan fingerprint density at radius 1 is 0.403 bits per heavy atom. The minimum Gasteiger partial charge on any atom is -0.384 e. The van der Waals surface area contributed by atoms with E-state index in [0.717, 1.165) is 140 Å². The Balaban J connectivity index is 0.000000167. The van der Waals surface area contributed by atoms with Crippen molar-refractivity contribution in [1.82, 2.24) is 79.8 Å². The van der Waals surface area contributed by atoms with Gasteiger partial charge in [-0.05, 0) is 168 Å². The molecule has 35 nitrogen and oxygen atoms in total. The number of pyridine rings is 4. The summed E-state index contributed by atoms with van der Waals surface area (Å²) in [7, 11) is 0. The van der Waals surface area contributed by atoms with E-state index in [2.05, 4.69) is 207 Å². The summed E-state index contributed by atoms with van der Waals surface area (Å²) in [5.41, 5.74) is 15.3. The van der Waals surface area contributed by atoms with Gasteiger partial charge in [-0.2, -0.15) is 20.4 Å². The normalized spacial score (nSPS) is 11.9. The minimum absolute atomic E-state index is 0.0515. The molecule has 678 valence electrons. The highest BCUT2D eigenvalue weighted by molar-refractivity contribution is 7.16. The van der Waals surface area contributed by atoms with E-state index in [4.69, 9.17) is 10.8 Å². The van der Waals surface area contributed by atoms with E-state index >= 15 is 0 Å². The number of nitrogens with one attached hydrogen (secondary N) is 13. The second kappa shape index (κ2) is 43.3. The van der Waals surface area contributed by atoms with Crippen molar-refractivity contribution in [3.8, 4) is 5.69 Å². The Bertz CT molecular complexity index is 6000. The van der Waals surface area contributed by atoms with Gasteiger partial charge in [0.05, 0.1) is 17.1 Å². The molecule has 1 aliphatic carbocycles. The van der Waals surface area contributed by atoms with E-state index in [1.165, 1.54) is 59.2 Å². The van der Waals surface area contributed by atoms with Gasteiger partial charge in [-0.25, -0.2) is 68.4 Å². The number of urea groups is 4. The first-order valence-electron chi connectivity index (χ1n) is 42.0. The standard InChI is InChI=1S/C27H31N7O2S.C23H31N7O2S.C22H27N7O2S.C18H23N7OS/c1-17-6-9-20(10-7-17)34-24(15-22(33-34)27(3,4)5)31-25(36)32-26-29-16-21(37-26)11-8-19-12-13-28-23(14-19)30-18(2)35;1-14(2)30-20(12-18(29-30)23(4,5)6)27-21(32)28-22-25-13-17(33-22)8-7-16-9-10-24-19(11-16)26-15(3)31;1-22(2,3)16-11-18(29-28-16)26-20(31)27-21-24-12-15(32-21)7-4-13-8-9-23-17(10-13)25-19(30)14-5-6-14;1-18(2,3)13-9-15(25-24-13)22-16(26)23-17-21-10-12(27-17)5-4-11-6-7-20-14(19)8-11/h6-7,9-10,12-16H,8,11H2,1-5H3,(H,28,30,35)(H2,29,31,32,36);9-14H,7-8H2,1-6H3,(H,24,26,31)(H2,25,27,28,32);8-12,14H,4-7H2,1-3H3,(H,23,25,30)(H3,24,26,27,28,29,31);6-10H,4-5H2,1-3H3,(H2,19,20)(H3,21,22,23,24,25,26). The van der Waals surface area contributed by atoms with Gasteiger partial charge in [0.15, 0.2) is 32.2 Å². The van der Waals surface area contributed by atoms with Crippen LogP contribution in [0.5, 0.6) is 0 Å². The lowest BCUT2D eigenvalue weighted by Crippen LogP contribution is -2.22. The van der Waals surface area contributed by atoms with Crippen molar-refractivity contribution >= 4 is 154 Å². The number of anilines is 12. The van der Waals surface area contributed by atoms with Crippen LogP contribution in [0.4, 0.5) is 86.2 Å². The van der Waals surface area contributed by atoms with Gasteiger partial charge in [-0.15, -0.1) is 45.3 Å². The molecule has 0 saturated heterocycles. The first kappa shape index (κ1) is 96.1. The number of nitrogens with zero attached hydrogens (tertiary/aromatic N) is 14. The van der Waals surface area contributed by atoms with Crippen LogP contribution in [0, 0.1) is 12.8 Å². The maximum absolute atomic E-state index is 12.9. The van der Waals surface area contributed by atoms with Crippen LogP contribution in [-0.4, -0.2) is 122 Å². The van der Waals surface area contributed by atoms with Gasteiger partial charge in [0, 0.05) is 152 Å². The van der Waals surface area contributed by atoms with E-state index in [1.807, 2.05) is 123 Å². The Morgan fingerprint density at radius 2 is 0.760 bits per heavy atom. The number of aromatic amines is 2. The van der Waals surface area contributed by atoms with Crippen molar-refractivity contribution in [2.24, 2.45) is 5.92 Å². The molecule has 39 heteroatoms. The van der Waals surface area contributed by atoms with E-state index in [0.29, 0.717) is 67.1 Å². The quantitative estimate of drug-likeness (QED) is 0.0239. The third-order valence-corrected chi connectivity index (χ3v) is 23.2. The zero-order valence-corrected chi connectivity index (χ0v) is 78.7. The molecule has 1 aromatic carbocycles. The average Bonchev–Trinajstić information content (AvgIpc) is 1.65. The summed E-state index contributed by atoms with van der Waals surface area (Å²) < 4.78 is 3.56. The van der Waals surface area contributed by atoms with Crippen LogP contribution in [-0.2, 0) is 87.4 Å². The molecule has 0 atom stereocenters. The number of aryl methyl sites for hydroxylation is 9. The van der Waals surface area contributed by atoms with Crippen molar-refractivity contribution in [1.29, 1.82) is 0 Å². The molecule has 14 rings (SSSR count).